The largest absolute Gasteiger partial charge is 0.369 e. The molecule has 1 atom stereocenters. The molecule has 1 aromatic rings. The van der Waals surface area contributed by atoms with Crippen molar-refractivity contribution in [1.29, 1.82) is 0 Å². The van der Waals surface area contributed by atoms with E-state index in [-0.39, 0.29) is 12.3 Å². The molecule has 88 valence electrons. The van der Waals surface area contributed by atoms with Gasteiger partial charge in [0.05, 0.1) is 12.1 Å². The van der Waals surface area contributed by atoms with Gasteiger partial charge in [0.25, 0.3) is 0 Å². The third-order valence-electron chi connectivity index (χ3n) is 2.94. The average molecular weight is 239 g/mol. The number of carbonyl (C=O) groups excluding carboxylic acids is 1. The van der Waals surface area contributed by atoms with Crippen LogP contribution in [-0.4, -0.2) is 35.9 Å². The van der Waals surface area contributed by atoms with Crippen molar-refractivity contribution in [3.05, 3.63) is 16.1 Å². The van der Waals surface area contributed by atoms with E-state index >= 15 is 0 Å². The van der Waals surface area contributed by atoms with Crippen LogP contribution in [0.25, 0.3) is 0 Å². The average Bonchev–Trinajstić information content (AvgIpc) is 2.65. The second-order valence-corrected chi connectivity index (χ2v) is 5.35. The Morgan fingerprint density at radius 2 is 2.56 bits per heavy atom. The van der Waals surface area contributed by atoms with Crippen molar-refractivity contribution >= 4 is 17.2 Å². The monoisotopic (exact) mass is 239 g/mol. The van der Waals surface area contributed by atoms with Crippen LogP contribution in [0.15, 0.2) is 5.38 Å². The second kappa shape index (κ2) is 4.93. The molecule has 2 rings (SSSR count). The molecule has 1 unspecified atom stereocenters. The Bertz CT molecular complexity index is 377. The van der Waals surface area contributed by atoms with Gasteiger partial charge < -0.3 is 10.6 Å². The maximum atomic E-state index is 10.8. The molecular weight excluding hydrogens is 222 g/mol. The molecule has 0 aromatic carbocycles. The number of nitrogens with two attached hydrogens (primary N) is 1. The van der Waals surface area contributed by atoms with Crippen LogP contribution in [-0.2, 0) is 11.2 Å². The molecule has 0 radical (unpaired) electrons. The highest BCUT2D eigenvalue weighted by Crippen LogP contribution is 2.27. The summed E-state index contributed by atoms with van der Waals surface area (Å²) in [6.07, 6.45) is 2.70. The lowest BCUT2D eigenvalue weighted by Gasteiger charge is -2.28. The van der Waals surface area contributed by atoms with Gasteiger partial charge in [0.15, 0.2) is 0 Å². The van der Waals surface area contributed by atoms with Crippen LogP contribution in [0, 0.1) is 0 Å². The Balaban J connectivity index is 2.03. The topological polar surface area (TPSA) is 59.2 Å². The van der Waals surface area contributed by atoms with E-state index in [1.54, 1.807) is 11.3 Å². The van der Waals surface area contributed by atoms with Gasteiger partial charge in [0, 0.05) is 17.8 Å². The number of piperidine rings is 1. The number of amides is 1. The number of rotatable bonds is 3. The van der Waals surface area contributed by atoms with Crippen molar-refractivity contribution in [1.82, 2.24) is 9.88 Å². The maximum absolute atomic E-state index is 10.8. The van der Waals surface area contributed by atoms with Gasteiger partial charge in [-0.15, -0.1) is 11.3 Å². The molecule has 1 amide bonds. The van der Waals surface area contributed by atoms with Crippen LogP contribution < -0.4 is 5.73 Å². The van der Waals surface area contributed by atoms with Gasteiger partial charge >= 0.3 is 0 Å². The van der Waals surface area contributed by atoms with Crippen molar-refractivity contribution in [3.63, 3.8) is 0 Å². The van der Waals surface area contributed by atoms with E-state index in [2.05, 4.69) is 22.3 Å². The van der Waals surface area contributed by atoms with Gasteiger partial charge in [-0.25, -0.2) is 4.98 Å². The standard InChI is InChI=1S/C11H17N3OS/c1-14-4-2-3-8(6-14)9-7-16-11(13-9)5-10(12)15/h7-8H,2-6H2,1H3,(H2,12,15). The summed E-state index contributed by atoms with van der Waals surface area (Å²) < 4.78 is 0. The zero-order valence-electron chi connectivity index (χ0n) is 9.48. The third-order valence-corrected chi connectivity index (χ3v) is 3.80. The Morgan fingerprint density at radius 1 is 1.75 bits per heavy atom. The number of primary amides is 1. The highest BCUT2D eigenvalue weighted by Gasteiger charge is 2.21. The molecule has 0 saturated carbocycles. The lowest BCUT2D eigenvalue weighted by molar-refractivity contribution is -0.117. The predicted octanol–water partition coefficient (Wildman–Crippen LogP) is 0.980. The van der Waals surface area contributed by atoms with Crippen LogP contribution in [0.4, 0.5) is 0 Å². The number of likely N-dealkylation sites (tertiary alicyclic amines) is 1. The minimum atomic E-state index is -0.304. The van der Waals surface area contributed by atoms with Crippen molar-refractivity contribution < 1.29 is 4.79 Å². The minimum absolute atomic E-state index is 0.271. The quantitative estimate of drug-likeness (QED) is 0.855. The summed E-state index contributed by atoms with van der Waals surface area (Å²) >= 11 is 1.54. The van der Waals surface area contributed by atoms with E-state index in [1.165, 1.54) is 19.4 Å². The molecule has 5 heteroatoms. The zero-order chi connectivity index (χ0) is 11.5. The smallest absolute Gasteiger partial charge is 0.224 e. The third kappa shape index (κ3) is 2.80. The highest BCUT2D eigenvalue weighted by atomic mass is 32.1. The summed E-state index contributed by atoms with van der Waals surface area (Å²) in [7, 11) is 2.14. The van der Waals surface area contributed by atoms with E-state index in [0.29, 0.717) is 5.92 Å². The highest BCUT2D eigenvalue weighted by molar-refractivity contribution is 7.09. The Morgan fingerprint density at radius 3 is 3.25 bits per heavy atom. The molecule has 1 fully saturated rings. The SMILES string of the molecule is CN1CCCC(c2csc(CC(N)=O)n2)C1. The normalized spacial score (nSPS) is 22.2. The molecule has 0 aliphatic carbocycles. The summed E-state index contributed by atoms with van der Waals surface area (Å²) in [5.74, 6) is 0.221. The molecular formula is C11H17N3OS. The summed E-state index contributed by atoms with van der Waals surface area (Å²) in [5, 5.41) is 2.91. The number of hydrogen-bond acceptors (Lipinski definition) is 4. The minimum Gasteiger partial charge on any atom is -0.369 e. The van der Waals surface area contributed by atoms with Crippen LogP contribution >= 0.6 is 11.3 Å². The number of aromatic nitrogens is 1. The van der Waals surface area contributed by atoms with E-state index in [1.807, 2.05) is 0 Å². The van der Waals surface area contributed by atoms with E-state index in [4.69, 9.17) is 5.73 Å². The molecule has 0 bridgehead atoms. The molecule has 2 N–H and O–H groups in total. The molecule has 1 aliphatic heterocycles. The lowest BCUT2D eigenvalue weighted by Crippen LogP contribution is -2.30. The number of thiazole rings is 1. The summed E-state index contributed by atoms with van der Waals surface area (Å²) in [4.78, 5) is 17.6. The Hall–Kier alpha value is -0.940. The van der Waals surface area contributed by atoms with Gasteiger partial charge in [-0.2, -0.15) is 0 Å². The van der Waals surface area contributed by atoms with Crippen molar-refractivity contribution in [2.75, 3.05) is 20.1 Å². The zero-order valence-corrected chi connectivity index (χ0v) is 10.3. The predicted molar refractivity (Wildman–Crippen MR) is 64.5 cm³/mol. The van der Waals surface area contributed by atoms with E-state index in [9.17, 15) is 4.79 Å². The molecule has 1 saturated heterocycles. The first-order chi connectivity index (χ1) is 7.65. The van der Waals surface area contributed by atoms with Crippen molar-refractivity contribution in [2.45, 2.75) is 25.2 Å². The van der Waals surface area contributed by atoms with Crippen molar-refractivity contribution in [3.8, 4) is 0 Å². The summed E-state index contributed by atoms with van der Waals surface area (Å²) in [6, 6.07) is 0. The fraction of sp³-hybridized carbons (Fsp3) is 0.636. The molecule has 0 spiro atoms. The number of likely N-dealkylation sites (N-methyl/N-ethyl adjacent to an activating group) is 1. The van der Waals surface area contributed by atoms with Gasteiger partial charge in [-0.3, -0.25) is 4.79 Å². The van der Waals surface area contributed by atoms with E-state index < -0.39 is 0 Å². The van der Waals surface area contributed by atoms with Gasteiger partial charge in [-0.05, 0) is 26.4 Å². The fourth-order valence-corrected chi connectivity index (χ4v) is 3.04. The lowest BCUT2D eigenvalue weighted by atomic mass is 9.96. The van der Waals surface area contributed by atoms with Crippen molar-refractivity contribution in [2.24, 2.45) is 5.73 Å². The van der Waals surface area contributed by atoms with Gasteiger partial charge in [0.1, 0.15) is 5.01 Å². The van der Waals surface area contributed by atoms with Crippen LogP contribution in [0.1, 0.15) is 29.5 Å². The molecule has 4 nitrogen and oxygen atoms in total. The van der Waals surface area contributed by atoms with Crippen LogP contribution in [0.5, 0.6) is 0 Å². The molecule has 16 heavy (non-hydrogen) atoms. The van der Waals surface area contributed by atoms with Crippen LogP contribution in [0.2, 0.25) is 0 Å². The van der Waals surface area contributed by atoms with Crippen LogP contribution in [0.3, 0.4) is 0 Å². The first-order valence-corrected chi connectivity index (χ1v) is 6.44. The molecule has 1 aromatic heterocycles. The number of nitrogens with zero attached hydrogens (tertiary/aromatic N) is 2. The Labute approximate surface area is 99.5 Å². The first kappa shape index (κ1) is 11.5. The summed E-state index contributed by atoms with van der Waals surface area (Å²) in [6.45, 7) is 2.24. The van der Waals surface area contributed by atoms with E-state index in [0.717, 1.165) is 17.2 Å². The summed E-state index contributed by atoms with van der Waals surface area (Å²) in [5.41, 5.74) is 6.29. The fourth-order valence-electron chi connectivity index (χ4n) is 2.15. The maximum Gasteiger partial charge on any atom is 0.224 e. The second-order valence-electron chi connectivity index (χ2n) is 4.41. The number of hydrogen-bond donors (Lipinski definition) is 1. The molecule has 2 heterocycles. The first-order valence-electron chi connectivity index (χ1n) is 5.56. The Kier molecular flexibility index (Phi) is 3.56. The number of carbonyl (C=O) groups is 1. The molecule has 1 aliphatic rings. The van der Waals surface area contributed by atoms with Gasteiger partial charge in [-0.1, -0.05) is 0 Å². The van der Waals surface area contributed by atoms with Gasteiger partial charge in [0.2, 0.25) is 5.91 Å².